The van der Waals surface area contributed by atoms with Crippen molar-refractivity contribution in [3.05, 3.63) is 58.4 Å². The van der Waals surface area contributed by atoms with Gasteiger partial charge in [0.25, 0.3) is 5.91 Å². The largest absolute Gasteiger partial charge is 0.304 e. The summed E-state index contributed by atoms with van der Waals surface area (Å²) in [6.45, 7) is 0. The summed E-state index contributed by atoms with van der Waals surface area (Å²) in [5.74, 6) is -3.87. The molecule has 0 saturated carbocycles. The van der Waals surface area contributed by atoms with Crippen LogP contribution in [0.2, 0.25) is 5.02 Å². The molecule has 2 aromatic carbocycles. The number of nitrogens with zero attached hydrogens (tertiary/aromatic N) is 1. The van der Waals surface area contributed by atoms with E-state index < -0.39 is 23.4 Å². The maximum atomic E-state index is 13.8. The zero-order valence-electron chi connectivity index (χ0n) is 10.8. The molecule has 0 saturated heterocycles. The second-order valence-corrected chi connectivity index (χ2v) is 4.84. The van der Waals surface area contributed by atoms with E-state index in [-0.39, 0.29) is 21.8 Å². The minimum absolute atomic E-state index is 0.0705. The Hall–Kier alpha value is -2.54. The van der Waals surface area contributed by atoms with Gasteiger partial charge < -0.3 is 5.32 Å². The van der Waals surface area contributed by atoms with E-state index in [0.717, 1.165) is 0 Å². The molecule has 4 nitrogen and oxygen atoms in total. The molecule has 1 heterocycles. The van der Waals surface area contributed by atoms with E-state index in [0.29, 0.717) is 17.6 Å². The summed E-state index contributed by atoms with van der Waals surface area (Å²) in [6.07, 6.45) is 0. The molecular weight excluding hydrogens is 319 g/mol. The highest BCUT2D eigenvalue weighted by Crippen LogP contribution is 2.25. The number of halogens is 4. The number of carbonyl (C=O) groups excluding carboxylic acids is 1. The molecule has 0 spiro atoms. The quantitative estimate of drug-likeness (QED) is 0.702. The molecule has 0 aliphatic carbocycles. The van der Waals surface area contributed by atoms with Gasteiger partial charge in [-0.25, -0.2) is 13.2 Å². The van der Waals surface area contributed by atoms with Crippen molar-refractivity contribution in [2.45, 2.75) is 0 Å². The fraction of sp³-hybridized carbons (Fsp3) is 0. The van der Waals surface area contributed by atoms with Crippen molar-refractivity contribution in [3.8, 4) is 0 Å². The van der Waals surface area contributed by atoms with Crippen LogP contribution in [0.15, 0.2) is 30.3 Å². The molecule has 1 amide bonds. The summed E-state index contributed by atoms with van der Waals surface area (Å²) < 4.78 is 40.0. The lowest BCUT2D eigenvalue weighted by Crippen LogP contribution is -2.14. The van der Waals surface area contributed by atoms with Crippen LogP contribution in [-0.4, -0.2) is 16.1 Å². The minimum atomic E-state index is -1.22. The number of fused-ring (bicyclic) bond motifs is 1. The molecule has 1 aromatic heterocycles. The van der Waals surface area contributed by atoms with Crippen molar-refractivity contribution in [2.24, 2.45) is 0 Å². The van der Waals surface area contributed by atoms with Crippen LogP contribution in [0.4, 0.5) is 19.0 Å². The minimum Gasteiger partial charge on any atom is -0.304 e. The SMILES string of the molecule is O=C(Nc1n[nH]c2cccc(F)c12)c1cc(F)c(F)cc1Cl. The molecule has 0 aliphatic heterocycles. The second-order valence-electron chi connectivity index (χ2n) is 4.43. The van der Waals surface area contributed by atoms with Gasteiger partial charge in [0, 0.05) is 0 Å². The number of carbonyl (C=O) groups is 1. The lowest BCUT2D eigenvalue weighted by molar-refractivity contribution is 0.102. The molecule has 8 heteroatoms. The molecule has 0 unspecified atom stereocenters. The van der Waals surface area contributed by atoms with Gasteiger partial charge in [-0.3, -0.25) is 9.89 Å². The lowest BCUT2D eigenvalue weighted by atomic mass is 10.2. The van der Waals surface area contributed by atoms with E-state index in [2.05, 4.69) is 15.5 Å². The fourth-order valence-corrected chi connectivity index (χ4v) is 2.23. The standard InChI is InChI=1S/C14H7ClF3N3O/c15-7-5-10(18)9(17)4-6(7)14(22)19-13-12-8(16)2-1-3-11(12)20-21-13/h1-5H,(H2,19,20,21,22). The Morgan fingerprint density at radius 1 is 1.14 bits per heavy atom. The van der Waals surface area contributed by atoms with E-state index in [1.54, 1.807) is 6.07 Å². The summed E-state index contributed by atoms with van der Waals surface area (Å²) in [5.41, 5.74) is 0.0970. The summed E-state index contributed by atoms with van der Waals surface area (Å²) in [5, 5.41) is 8.46. The highest BCUT2D eigenvalue weighted by Gasteiger charge is 2.18. The van der Waals surface area contributed by atoms with Gasteiger partial charge in [0.15, 0.2) is 17.5 Å². The van der Waals surface area contributed by atoms with Gasteiger partial charge in [0.1, 0.15) is 5.82 Å². The van der Waals surface area contributed by atoms with E-state index >= 15 is 0 Å². The van der Waals surface area contributed by atoms with Crippen LogP contribution in [0.1, 0.15) is 10.4 Å². The third kappa shape index (κ3) is 2.39. The summed E-state index contributed by atoms with van der Waals surface area (Å²) in [7, 11) is 0. The van der Waals surface area contributed by atoms with E-state index in [9.17, 15) is 18.0 Å². The van der Waals surface area contributed by atoms with E-state index in [4.69, 9.17) is 11.6 Å². The van der Waals surface area contributed by atoms with Crippen molar-refractivity contribution < 1.29 is 18.0 Å². The number of aromatic amines is 1. The highest BCUT2D eigenvalue weighted by molar-refractivity contribution is 6.34. The van der Waals surface area contributed by atoms with Gasteiger partial charge in [-0.15, -0.1) is 0 Å². The number of hydrogen-bond acceptors (Lipinski definition) is 2. The molecule has 3 aromatic rings. The van der Waals surface area contributed by atoms with Crippen LogP contribution in [0, 0.1) is 17.5 Å². The molecular formula is C14H7ClF3N3O. The summed E-state index contributed by atoms with van der Waals surface area (Å²) in [6, 6.07) is 5.62. The maximum absolute atomic E-state index is 13.8. The summed E-state index contributed by atoms with van der Waals surface area (Å²) in [4.78, 5) is 12.1. The Balaban J connectivity index is 1.99. The van der Waals surface area contributed by atoms with Crippen molar-refractivity contribution in [3.63, 3.8) is 0 Å². The predicted octanol–water partition coefficient (Wildman–Crippen LogP) is 3.89. The zero-order chi connectivity index (χ0) is 15.9. The lowest BCUT2D eigenvalue weighted by Gasteiger charge is -2.06. The first-order chi connectivity index (χ1) is 10.5. The van der Waals surface area contributed by atoms with Gasteiger partial charge in [0.05, 0.1) is 21.5 Å². The normalized spacial score (nSPS) is 10.9. The Labute approximate surface area is 126 Å². The predicted molar refractivity (Wildman–Crippen MR) is 75.4 cm³/mol. The highest BCUT2D eigenvalue weighted by atomic mass is 35.5. The fourth-order valence-electron chi connectivity index (χ4n) is 1.99. The molecule has 22 heavy (non-hydrogen) atoms. The van der Waals surface area contributed by atoms with Gasteiger partial charge in [-0.2, -0.15) is 5.10 Å². The van der Waals surface area contributed by atoms with Crippen LogP contribution in [0.3, 0.4) is 0 Å². The number of nitrogens with one attached hydrogen (secondary N) is 2. The molecule has 2 N–H and O–H groups in total. The van der Waals surface area contributed by atoms with E-state index in [1.165, 1.54) is 12.1 Å². The third-order valence-electron chi connectivity index (χ3n) is 3.03. The molecule has 112 valence electrons. The molecule has 0 aliphatic rings. The third-order valence-corrected chi connectivity index (χ3v) is 3.34. The Morgan fingerprint density at radius 3 is 2.64 bits per heavy atom. The van der Waals surface area contributed by atoms with Crippen LogP contribution in [0.25, 0.3) is 10.9 Å². The molecule has 0 fully saturated rings. The Bertz CT molecular complexity index is 894. The van der Waals surface area contributed by atoms with E-state index in [1.807, 2.05) is 0 Å². The molecule has 0 radical (unpaired) electrons. The smallest absolute Gasteiger partial charge is 0.258 e. The Morgan fingerprint density at radius 2 is 1.86 bits per heavy atom. The Kier molecular flexibility index (Phi) is 3.50. The first-order valence-corrected chi connectivity index (χ1v) is 6.43. The number of aromatic nitrogens is 2. The topological polar surface area (TPSA) is 57.8 Å². The van der Waals surface area contributed by atoms with Gasteiger partial charge in [0.2, 0.25) is 0 Å². The molecule has 0 bridgehead atoms. The first-order valence-electron chi connectivity index (χ1n) is 6.06. The van der Waals surface area contributed by atoms with Gasteiger partial charge in [-0.1, -0.05) is 17.7 Å². The number of H-pyrrole nitrogens is 1. The maximum Gasteiger partial charge on any atom is 0.258 e. The number of anilines is 1. The van der Waals surface area contributed by atoms with Crippen molar-refractivity contribution in [1.29, 1.82) is 0 Å². The van der Waals surface area contributed by atoms with Crippen LogP contribution in [-0.2, 0) is 0 Å². The van der Waals surface area contributed by atoms with Gasteiger partial charge >= 0.3 is 0 Å². The van der Waals surface area contributed by atoms with Crippen LogP contribution < -0.4 is 5.32 Å². The first kappa shape index (κ1) is 14.4. The number of amides is 1. The average Bonchev–Trinajstić information content (AvgIpc) is 2.87. The molecule has 0 atom stereocenters. The zero-order valence-corrected chi connectivity index (χ0v) is 11.5. The summed E-state index contributed by atoms with van der Waals surface area (Å²) >= 11 is 5.72. The van der Waals surface area contributed by atoms with Crippen LogP contribution >= 0.6 is 11.6 Å². The monoisotopic (exact) mass is 325 g/mol. The van der Waals surface area contributed by atoms with Crippen LogP contribution in [0.5, 0.6) is 0 Å². The van der Waals surface area contributed by atoms with Gasteiger partial charge in [-0.05, 0) is 24.3 Å². The second kappa shape index (κ2) is 5.34. The average molecular weight is 326 g/mol. The van der Waals surface area contributed by atoms with Crippen molar-refractivity contribution in [1.82, 2.24) is 10.2 Å². The molecule has 3 rings (SSSR count). The van der Waals surface area contributed by atoms with Crippen molar-refractivity contribution >= 4 is 34.2 Å². The number of hydrogen-bond donors (Lipinski definition) is 2. The number of rotatable bonds is 2. The van der Waals surface area contributed by atoms with Crippen molar-refractivity contribution in [2.75, 3.05) is 5.32 Å². The number of benzene rings is 2.